The van der Waals surface area contributed by atoms with Gasteiger partial charge in [0.1, 0.15) is 12.6 Å². The summed E-state index contributed by atoms with van der Waals surface area (Å²) in [5.41, 5.74) is 1.31. The zero-order chi connectivity index (χ0) is 27.4. The second-order valence-electron chi connectivity index (χ2n) is 9.64. The summed E-state index contributed by atoms with van der Waals surface area (Å²) in [5.74, 6) is -0.855. The van der Waals surface area contributed by atoms with Crippen LogP contribution >= 0.6 is 39.1 Å². The number of aryl methyl sites for hydroxylation is 1. The van der Waals surface area contributed by atoms with Crippen molar-refractivity contribution in [1.29, 1.82) is 0 Å². The minimum Gasteiger partial charge on any atom is -0.350 e. The molecule has 1 atom stereocenters. The van der Waals surface area contributed by atoms with Crippen LogP contribution < -0.4 is 9.62 Å². The summed E-state index contributed by atoms with van der Waals surface area (Å²) in [6.45, 7) is 8.76. The number of halogens is 3. The van der Waals surface area contributed by atoms with Gasteiger partial charge in [0.25, 0.3) is 0 Å². The lowest BCUT2D eigenvalue weighted by Gasteiger charge is -2.34. The predicted octanol–water partition coefficient (Wildman–Crippen LogP) is 5.55. The molecule has 2 aromatic carbocycles. The van der Waals surface area contributed by atoms with Crippen LogP contribution in [0.3, 0.4) is 0 Å². The van der Waals surface area contributed by atoms with Crippen molar-refractivity contribution in [1.82, 2.24) is 10.2 Å². The summed E-state index contributed by atoms with van der Waals surface area (Å²) >= 11 is 15.6. The maximum absolute atomic E-state index is 13.7. The maximum atomic E-state index is 13.7. The Bertz CT molecular complexity index is 1230. The molecule has 0 aliphatic rings. The van der Waals surface area contributed by atoms with Gasteiger partial charge < -0.3 is 10.2 Å². The van der Waals surface area contributed by atoms with E-state index < -0.39 is 34.1 Å². The first-order valence-electron chi connectivity index (χ1n) is 11.3. The van der Waals surface area contributed by atoms with E-state index in [1.807, 2.05) is 27.7 Å². The lowest BCUT2D eigenvalue weighted by molar-refractivity contribution is -0.141. The van der Waals surface area contributed by atoms with Crippen LogP contribution in [-0.2, 0) is 26.2 Å². The van der Waals surface area contributed by atoms with E-state index in [1.54, 1.807) is 43.3 Å². The molecule has 2 amide bonds. The van der Waals surface area contributed by atoms with Crippen LogP contribution in [0.15, 0.2) is 40.9 Å². The summed E-state index contributed by atoms with van der Waals surface area (Å²) in [7, 11) is -3.81. The van der Waals surface area contributed by atoms with Crippen molar-refractivity contribution in [3.05, 3.63) is 62.0 Å². The number of benzene rings is 2. The number of sulfonamides is 1. The van der Waals surface area contributed by atoms with Crippen LogP contribution in [-0.4, -0.2) is 49.5 Å². The van der Waals surface area contributed by atoms with Crippen LogP contribution in [0.1, 0.15) is 45.2 Å². The molecule has 0 fully saturated rings. The number of carbonyl (C=O) groups is 2. The van der Waals surface area contributed by atoms with Gasteiger partial charge in [0.05, 0.1) is 22.0 Å². The zero-order valence-electron chi connectivity index (χ0n) is 21.2. The van der Waals surface area contributed by atoms with Crippen molar-refractivity contribution in [3.63, 3.8) is 0 Å². The molecule has 0 saturated heterocycles. The summed E-state index contributed by atoms with van der Waals surface area (Å²) in [4.78, 5) is 28.3. The molecule has 0 aromatic heterocycles. The van der Waals surface area contributed by atoms with Crippen molar-refractivity contribution in [2.75, 3.05) is 17.1 Å². The highest BCUT2D eigenvalue weighted by atomic mass is 79.9. The molecule has 0 spiro atoms. The molecule has 2 rings (SSSR count). The van der Waals surface area contributed by atoms with Gasteiger partial charge in [-0.3, -0.25) is 13.9 Å². The monoisotopic (exact) mass is 619 g/mol. The van der Waals surface area contributed by atoms with Crippen LogP contribution in [0, 0.1) is 6.92 Å². The second kappa shape index (κ2) is 12.2. The number of carbonyl (C=O) groups excluding carboxylic acids is 2. The third-order valence-corrected chi connectivity index (χ3v) is 8.10. The zero-order valence-corrected chi connectivity index (χ0v) is 25.1. The highest BCUT2D eigenvalue weighted by Gasteiger charge is 2.33. The molecule has 7 nitrogen and oxygen atoms in total. The molecule has 0 bridgehead atoms. The second-order valence-corrected chi connectivity index (χ2v) is 13.2. The van der Waals surface area contributed by atoms with E-state index in [-0.39, 0.29) is 12.5 Å². The van der Waals surface area contributed by atoms with Crippen LogP contribution in [0.25, 0.3) is 0 Å². The van der Waals surface area contributed by atoms with Gasteiger partial charge in [-0.15, -0.1) is 0 Å². The summed E-state index contributed by atoms with van der Waals surface area (Å²) < 4.78 is 27.3. The molecule has 0 radical (unpaired) electrons. The van der Waals surface area contributed by atoms with Crippen molar-refractivity contribution in [2.45, 2.75) is 59.2 Å². The number of nitrogens with zero attached hydrogens (tertiary/aromatic N) is 2. The molecular weight excluding hydrogens is 589 g/mol. The summed E-state index contributed by atoms with van der Waals surface area (Å²) in [5, 5.41) is 3.61. The fourth-order valence-electron chi connectivity index (χ4n) is 3.60. The number of rotatable bonds is 9. The fraction of sp³-hybridized carbons (Fsp3) is 0.440. The smallest absolute Gasteiger partial charge is 0.244 e. The van der Waals surface area contributed by atoms with E-state index in [0.29, 0.717) is 27.7 Å². The SMILES string of the molecule is CC[C@@H](C(=O)NC(C)(C)C)N(Cc1ccc(Cl)c(Cl)c1)C(=O)CN(c1ccc(Br)c(C)c1)S(C)(=O)=O. The molecule has 2 aromatic rings. The van der Waals surface area contributed by atoms with Gasteiger partial charge in [0.2, 0.25) is 21.8 Å². The van der Waals surface area contributed by atoms with Gasteiger partial charge in [-0.2, -0.15) is 0 Å². The first kappa shape index (κ1) is 30.4. The molecule has 1 N–H and O–H groups in total. The lowest BCUT2D eigenvalue weighted by atomic mass is 10.1. The number of nitrogens with one attached hydrogen (secondary N) is 1. The number of anilines is 1. The number of hydrogen-bond acceptors (Lipinski definition) is 4. The molecular formula is C25H32BrCl2N3O4S. The molecule has 11 heteroatoms. The Morgan fingerprint density at radius 1 is 1.08 bits per heavy atom. The van der Waals surface area contributed by atoms with E-state index in [1.165, 1.54) is 4.90 Å². The van der Waals surface area contributed by atoms with E-state index >= 15 is 0 Å². The van der Waals surface area contributed by atoms with Gasteiger partial charge >= 0.3 is 0 Å². The molecule has 0 aliphatic heterocycles. The van der Waals surface area contributed by atoms with Crippen molar-refractivity contribution in [2.24, 2.45) is 0 Å². The molecule has 198 valence electrons. The van der Waals surface area contributed by atoms with E-state index in [9.17, 15) is 18.0 Å². The standard InChI is InChI=1S/C25H32BrCl2N3O4S/c1-7-22(24(33)29-25(3,4)5)30(14-17-8-11-20(27)21(28)13-17)23(32)15-31(36(6,34)35)18-9-10-19(26)16(2)12-18/h8-13,22H,7,14-15H2,1-6H3,(H,29,33)/t22-/m0/s1. The highest BCUT2D eigenvalue weighted by molar-refractivity contribution is 9.10. The van der Waals surface area contributed by atoms with Crippen molar-refractivity contribution >= 4 is 66.7 Å². The van der Waals surface area contributed by atoms with Crippen LogP contribution in [0.4, 0.5) is 5.69 Å². The Morgan fingerprint density at radius 2 is 1.72 bits per heavy atom. The molecule has 0 heterocycles. The average molecular weight is 621 g/mol. The van der Waals surface area contributed by atoms with Crippen molar-refractivity contribution in [3.8, 4) is 0 Å². The normalized spacial score (nSPS) is 12.7. The summed E-state index contributed by atoms with van der Waals surface area (Å²) in [6, 6.07) is 9.17. The average Bonchev–Trinajstić information content (AvgIpc) is 2.74. The van der Waals surface area contributed by atoms with E-state index in [2.05, 4.69) is 21.2 Å². The fourth-order valence-corrected chi connectivity index (χ4v) is 5.01. The Labute approximate surface area is 232 Å². The Kier molecular flexibility index (Phi) is 10.3. The first-order valence-corrected chi connectivity index (χ1v) is 14.7. The Balaban J connectivity index is 2.50. The van der Waals surface area contributed by atoms with Gasteiger partial charge in [-0.05, 0) is 75.6 Å². The third kappa shape index (κ3) is 8.36. The van der Waals surface area contributed by atoms with Crippen molar-refractivity contribution < 1.29 is 18.0 Å². The van der Waals surface area contributed by atoms with Gasteiger partial charge in [-0.1, -0.05) is 52.1 Å². The van der Waals surface area contributed by atoms with Gasteiger partial charge in [0.15, 0.2) is 0 Å². The summed E-state index contributed by atoms with van der Waals surface area (Å²) in [6.07, 6.45) is 1.37. The quantitative estimate of drug-likeness (QED) is 0.398. The Hall–Kier alpha value is -1.81. The van der Waals surface area contributed by atoms with E-state index in [4.69, 9.17) is 23.2 Å². The lowest BCUT2D eigenvalue weighted by Crippen LogP contribution is -2.55. The topological polar surface area (TPSA) is 86.8 Å². The molecule has 0 unspecified atom stereocenters. The minimum atomic E-state index is -3.81. The molecule has 0 saturated carbocycles. The van der Waals surface area contributed by atoms with Gasteiger partial charge in [0, 0.05) is 16.6 Å². The maximum Gasteiger partial charge on any atom is 0.244 e. The predicted molar refractivity (Wildman–Crippen MR) is 150 cm³/mol. The van der Waals surface area contributed by atoms with E-state index in [0.717, 1.165) is 20.6 Å². The van der Waals surface area contributed by atoms with Crippen LogP contribution in [0.5, 0.6) is 0 Å². The highest BCUT2D eigenvalue weighted by Crippen LogP contribution is 2.27. The number of hydrogen-bond donors (Lipinski definition) is 1. The Morgan fingerprint density at radius 3 is 2.22 bits per heavy atom. The molecule has 0 aliphatic carbocycles. The number of amides is 2. The first-order chi connectivity index (χ1) is 16.5. The van der Waals surface area contributed by atoms with Crippen LogP contribution in [0.2, 0.25) is 10.0 Å². The largest absolute Gasteiger partial charge is 0.350 e. The third-order valence-electron chi connectivity index (χ3n) is 5.33. The minimum absolute atomic E-state index is 0.0444. The molecule has 36 heavy (non-hydrogen) atoms. The van der Waals surface area contributed by atoms with Gasteiger partial charge in [-0.25, -0.2) is 8.42 Å².